The average Bonchev–Trinajstić information content (AvgIpc) is 3.19. The molecular weight excluding hydrogens is 330 g/mol. The van der Waals surface area contributed by atoms with Crippen LogP contribution in [-0.4, -0.2) is 47.3 Å². The SMILES string of the molecule is CCOC(OCC)C1(C=O)Cc2cnc(Cl)nc2N1C1CCCC1. The van der Waals surface area contributed by atoms with Crippen molar-refractivity contribution in [3.05, 3.63) is 17.0 Å². The van der Waals surface area contributed by atoms with Crippen molar-refractivity contribution < 1.29 is 14.3 Å². The zero-order valence-corrected chi connectivity index (χ0v) is 15.0. The predicted molar refractivity (Wildman–Crippen MR) is 91.3 cm³/mol. The summed E-state index contributed by atoms with van der Waals surface area (Å²) in [5.41, 5.74) is 0.00530. The minimum atomic E-state index is -0.914. The molecule has 1 aliphatic carbocycles. The molecule has 2 aliphatic rings. The summed E-state index contributed by atoms with van der Waals surface area (Å²) < 4.78 is 11.7. The number of halogens is 1. The smallest absolute Gasteiger partial charge is 0.224 e. The molecule has 6 nitrogen and oxygen atoms in total. The van der Waals surface area contributed by atoms with Crippen molar-refractivity contribution >= 4 is 23.7 Å². The van der Waals surface area contributed by atoms with Gasteiger partial charge in [-0.2, -0.15) is 0 Å². The molecule has 3 rings (SSSR count). The van der Waals surface area contributed by atoms with Crippen LogP contribution in [0.4, 0.5) is 5.82 Å². The van der Waals surface area contributed by atoms with E-state index in [1.54, 1.807) is 6.20 Å². The van der Waals surface area contributed by atoms with Gasteiger partial charge in [0.25, 0.3) is 0 Å². The maximum Gasteiger partial charge on any atom is 0.224 e. The lowest BCUT2D eigenvalue weighted by molar-refractivity contribution is -0.176. The third kappa shape index (κ3) is 2.91. The lowest BCUT2D eigenvalue weighted by atomic mass is 9.93. The molecule has 0 saturated heterocycles. The highest BCUT2D eigenvalue weighted by Crippen LogP contribution is 2.44. The van der Waals surface area contributed by atoms with Gasteiger partial charge in [-0.1, -0.05) is 12.8 Å². The number of carbonyl (C=O) groups excluding carboxylic acids is 1. The second-order valence-electron chi connectivity index (χ2n) is 6.32. The normalized spacial score (nSPS) is 23.9. The van der Waals surface area contributed by atoms with Gasteiger partial charge >= 0.3 is 0 Å². The Labute approximate surface area is 147 Å². The van der Waals surface area contributed by atoms with Gasteiger partial charge in [-0.15, -0.1) is 0 Å². The maximum absolute atomic E-state index is 12.4. The van der Waals surface area contributed by atoms with Gasteiger partial charge in [-0.3, -0.25) is 0 Å². The summed E-state index contributed by atoms with van der Waals surface area (Å²) in [7, 11) is 0. The summed E-state index contributed by atoms with van der Waals surface area (Å²) in [6.07, 6.45) is 6.88. The molecule has 0 bridgehead atoms. The van der Waals surface area contributed by atoms with Crippen LogP contribution in [0.15, 0.2) is 6.20 Å². The molecule has 24 heavy (non-hydrogen) atoms. The first-order valence-corrected chi connectivity index (χ1v) is 9.04. The lowest BCUT2D eigenvalue weighted by Gasteiger charge is -2.43. The van der Waals surface area contributed by atoms with E-state index in [0.717, 1.165) is 43.4 Å². The van der Waals surface area contributed by atoms with E-state index in [1.807, 2.05) is 13.8 Å². The zero-order chi connectivity index (χ0) is 17.2. The number of aldehydes is 1. The first-order chi connectivity index (χ1) is 11.7. The van der Waals surface area contributed by atoms with Gasteiger partial charge in [0.05, 0.1) is 0 Å². The monoisotopic (exact) mass is 353 g/mol. The van der Waals surface area contributed by atoms with E-state index in [9.17, 15) is 4.79 Å². The van der Waals surface area contributed by atoms with Gasteiger partial charge in [0.15, 0.2) is 18.1 Å². The van der Waals surface area contributed by atoms with Crippen LogP contribution in [0.1, 0.15) is 45.1 Å². The van der Waals surface area contributed by atoms with Crippen LogP contribution < -0.4 is 4.90 Å². The zero-order valence-electron chi connectivity index (χ0n) is 14.2. The molecule has 1 unspecified atom stereocenters. The predicted octanol–water partition coefficient (Wildman–Crippen LogP) is 2.77. The minimum Gasteiger partial charge on any atom is -0.350 e. The summed E-state index contributed by atoms with van der Waals surface area (Å²) >= 11 is 6.03. The fraction of sp³-hybridized carbons (Fsp3) is 0.706. The molecule has 2 heterocycles. The Morgan fingerprint density at radius 1 is 1.38 bits per heavy atom. The van der Waals surface area contributed by atoms with Crippen molar-refractivity contribution in [2.45, 2.75) is 63.8 Å². The molecule has 0 radical (unpaired) electrons. The van der Waals surface area contributed by atoms with E-state index in [0.29, 0.717) is 19.6 Å². The van der Waals surface area contributed by atoms with E-state index < -0.39 is 11.8 Å². The molecule has 1 aliphatic heterocycles. The third-order valence-electron chi connectivity index (χ3n) is 4.90. The van der Waals surface area contributed by atoms with Gasteiger partial charge in [-0.05, 0) is 38.3 Å². The first kappa shape index (κ1) is 17.6. The Balaban J connectivity index is 2.07. The van der Waals surface area contributed by atoms with E-state index in [1.165, 1.54) is 0 Å². The molecule has 1 aromatic heterocycles. The van der Waals surface area contributed by atoms with E-state index >= 15 is 0 Å². The Bertz CT molecular complexity index is 588. The second-order valence-corrected chi connectivity index (χ2v) is 6.66. The summed E-state index contributed by atoms with van der Waals surface area (Å²) in [4.78, 5) is 23.0. The molecule has 7 heteroatoms. The van der Waals surface area contributed by atoms with Crippen LogP contribution in [-0.2, 0) is 20.7 Å². The van der Waals surface area contributed by atoms with Crippen molar-refractivity contribution in [3.8, 4) is 0 Å². The quantitative estimate of drug-likeness (QED) is 0.426. The fourth-order valence-electron chi connectivity index (χ4n) is 3.96. The molecule has 0 spiro atoms. The van der Waals surface area contributed by atoms with Crippen LogP contribution in [0.5, 0.6) is 0 Å². The maximum atomic E-state index is 12.4. The number of rotatable bonds is 7. The average molecular weight is 354 g/mol. The second kappa shape index (κ2) is 7.33. The third-order valence-corrected chi connectivity index (χ3v) is 5.08. The van der Waals surface area contributed by atoms with Gasteiger partial charge < -0.3 is 19.2 Å². The van der Waals surface area contributed by atoms with Crippen molar-refractivity contribution in [1.29, 1.82) is 0 Å². The number of fused-ring (bicyclic) bond motifs is 1. The number of hydrogen-bond acceptors (Lipinski definition) is 6. The van der Waals surface area contributed by atoms with E-state index in [2.05, 4.69) is 14.9 Å². The first-order valence-electron chi connectivity index (χ1n) is 8.66. The van der Waals surface area contributed by atoms with Crippen LogP contribution in [0.25, 0.3) is 0 Å². The number of nitrogens with zero attached hydrogens (tertiary/aromatic N) is 3. The number of anilines is 1. The molecule has 0 N–H and O–H groups in total. The topological polar surface area (TPSA) is 64.5 Å². The lowest BCUT2D eigenvalue weighted by Crippen LogP contribution is -2.61. The van der Waals surface area contributed by atoms with Gasteiger partial charge in [-0.25, -0.2) is 9.97 Å². The number of hydrogen-bond donors (Lipinski definition) is 0. The summed E-state index contributed by atoms with van der Waals surface area (Å²) in [5.74, 6) is 0.749. The molecule has 0 aromatic carbocycles. The number of carbonyl (C=O) groups is 1. The molecule has 1 saturated carbocycles. The van der Waals surface area contributed by atoms with Gasteiger partial charge in [0.1, 0.15) is 5.82 Å². The van der Waals surface area contributed by atoms with Crippen molar-refractivity contribution in [3.63, 3.8) is 0 Å². The van der Waals surface area contributed by atoms with Crippen LogP contribution in [0, 0.1) is 0 Å². The highest BCUT2D eigenvalue weighted by Gasteiger charge is 2.54. The van der Waals surface area contributed by atoms with Crippen molar-refractivity contribution in [2.24, 2.45) is 0 Å². The van der Waals surface area contributed by atoms with Crippen molar-refractivity contribution in [2.75, 3.05) is 18.1 Å². The Hall–Kier alpha value is -1.24. The minimum absolute atomic E-state index is 0.197. The summed E-state index contributed by atoms with van der Waals surface area (Å²) in [6, 6.07) is 0.242. The van der Waals surface area contributed by atoms with Gasteiger partial charge in [0, 0.05) is 37.4 Å². The van der Waals surface area contributed by atoms with Crippen LogP contribution >= 0.6 is 11.6 Å². The standard InChI is InChI=1S/C17H24ClN3O3/c1-3-23-15(24-4-2)17(11-22)9-12-10-19-16(18)20-14(12)21(17)13-7-5-6-8-13/h10-11,13,15H,3-9H2,1-2H3. The van der Waals surface area contributed by atoms with E-state index in [4.69, 9.17) is 21.1 Å². The van der Waals surface area contributed by atoms with Crippen LogP contribution in [0.2, 0.25) is 5.28 Å². The summed E-state index contributed by atoms with van der Waals surface area (Å²) in [5, 5.41) is 0.197. The molecular formula is C17H24ClN3O3. The fourth-order valence-corrected chi connectivity index (χ4v) is 4.09. The summed E-state index contributed by atoms with van der Waals surface area (Å²) in [6.45, 7) is 4.76. The molecule has 1 aromatic rings. The molecule has 1 atom stereocenters. The number of ether oxygens (including phenoxy) is 2. The highest BCUT2D eigenvalue weighted by atomic mass is 35.5. The van der Waals surface area contributed by atoms with Gasteiger partial charge in [0.2, 0.25) is 5.28 Å². The van der Waals surface area contributed by atoms with Crippen LogP contribution in [0.3, 0.4) is 0 Å². The van der Waals surface area contributed by atoms with E-state index in [-0.39, 0.29) is 11.3 Å². The molecule has 0 amide bonds. The molecule has 132 valence electrons. The Morgan fingerprint density at radius 2 is 2.04 bits per heavy atom. The largest absolute Gasteiger partial charge is 0.350 e. The highest BCUT2D eigenvalue weighted by molar-refractivity contribution is 6.28. The Kier molecular flexibility index (Phi) is 5.37. The number of aromatic nitrogens is 2. The van der Waals surface area contributed by atoms with Crippen molar-refractivity contribution in [1.82, 2.24) is 9.97 Å². The Morgan fingerprint density at radius 3 is 2.62 bits per heavy atom. The molecule has 1 fully saturated rings.